The maximum atomic E-state index is 11.7. The highest BCUT2D eigenvalue weighted by molar-refractivity contribution is 5.85. The maximum absolute atomic E-state index is 11.7. The summed E-state index contributed by atoms with van der Waals surface area (Å²) < 4.78 is 16.4. The first-order valence-electron chi connectivity index (χ1n) is 13.0. The Balaban J connectivity index is 1.43. The fourth-order valence-corrected chi connectivity index (χ4v) is 9.31. The third-order valence-corrected chi connectivity index (χ3v) is 10.7. The van der Waals surface area contributed by atoms with Gasteiger partial charge in [-0.1, -0.05) is 27.2 Å². The van der Waals surface area contributed by atoms with Gasteiger partial charge >= 0.3 is 11.9 Å². The summed E-state index contributed by atoms with van der Waals surface area (Å²) in [6, 6.07) is 0. The molecule has 34 heavy (non-hydrogen) atoms. The van der Waals surface area contributed by atoms with Crippen LogP contribution in [0.2, 0.25) is 0 Å². The van der Waals surface area contributed by atoms with Crippen LogP contribution in [-0.2, 0) is 23.8 Å². The molecule has 2 aliphatic heterocycles. The molecular formula is C27H40O7. The highest BCUT2D eigenvalue weighted by Crippen LogP contribution is 2.70. The van der Waals surface area contributed by atoms with E-state index in [2.05, 4.69) is 20.8 Å². The molecule has 3 aliphatic carbocycles. The summed E-state index contributed by atoms with van der Waals surface area (Å²) in [6.07, 6.45) is 6.82. The zero-order valence-corrected chi connectivity index (χ0v) is 20.9. The number of carbonyl (C=O) groups excluding carboxylic acids is 2. The number of carbonyl (C=O) groups is 2. The van der Waals surface area contributed by atoms with E-state index in [0.29, 0.717) is 30.4 Å². The van der Waals surface area contributed by atoms with Gasteiger partial charge in [0, 0.05) is 29.9 Å². The smallest absolute Gasteiger partial charge is 0.333 e. The van der Waals surface area contributed by atoms with E-state index in [4.69, 9.17) is 14.2 Å². The number of rotatable bonds is 3. The Hall–Kier alpha value is -1.44. The highest BCUT2D eigenvalue weighted by Gasteiger charge is 2.64. The predicted octanol–water partition coefficient (Wildman–Crippen LogP) is 3.71. The van der Waals surface area contributed by atoms with Gasteiger partial charge in [0.2, 0.25) is 6.29 Å². The molecule has 3 saturated carbocycles. The van der Waals surface area contributed by atoms with Crippen molar-refractivity contribution in [3.63, 3.8) is 0 Å². The summed E-state index contributed by atoms with van der Waals surface area (Å²) in [5.41, 5.74) is 0.603. The zero-order valence-electron chi connectivity index (χ0n) is 20.9. The minimum absolute atomic E-state index is 0.00889. The van der Waals surface area contributed by atoms with E-state index in [1.54, 1.807) is 0 Å². The second-order valence-electron chi connectivity index (χ2n) is 12.5. The number of hydrogen-bond donors (Lipinski definition) is 2. The van der Waals surface area contributed by atoms with E-state index in [1.165, 1.54) is 19.4 Å². The molecule has 190 valence electrons. The maximum Gasteiger partial charge on any atom is 0.333 e. The molecule has 5 rings (SSSR count). The molecule has 0 aromatic rings. The van der Waals surface area contributed by atoms with Crippen molar-refractivity contribution in [1.82, 2.24) is 0 Å². The molecule has 4 fully saturated rings. The Morgan fingerprint density at radius 2 is 1.85 bits per heavy atom. The van der Waals surface area contributed by atoms with Crippen LogP contribution in [0.15, 0.2) is 11.6 Å². The lowest BCUT2D eigenvalue weighted by Crippen LogP contribution is -2.62. The van der Waals surface area contributed by atoms with Crippen molar-refractivity contribution in [2.45, 2.75) is 97.7 Å². The Kier molecular flexibility index (Phi) is 5.93. The van der Waals surface area contributed by atoms with Crippen molar-refractivity contribution < 1.29 is 34.0 Å². The van der Waals surface area contributed by atoms with E-state index in [1.807, 2.05) is 0 Å². The normalized spacial score (nSPS) is 50.4. The minimum Gasteiger partial charge on any atom is -0.465 e. The fraction of sp³-hybridized carbons (Fsp3) is 0.852. The third kappa shape index (κ3) is 3.65. The summed E-state index contributed by atoms with van der Waals surface area (Å²) in [6.45, 7) is 9.17. The summed E-state index contributed by atoms with van der Waals surface area (Å²) in [5.74, 6) is 0.532. The van der Waals surface area contributed by atoms with Crippen LogP contribution in [0, 0.1) is 39.9 Å². The van der Waals surface area contributed by atoms with Crippen molar-refractivity contribution in [2.75, 3.05) is 6.61 Å². The van der Waals surface area contributed by atoms with Gasteiger partial charge in [0.1, 0.15) is 0 Å². The van der Waals surface area contributed by atoms with E-state index in [-0.39, 0.29) is 34.1 Å². The first kappa shape index (κ1) is 24.3. The fourth-order valence-electron chi connectivity index (χ4n) is 9.31. The molecular weight excluding hydrogens is 436 g/mol. The van der Waals surface area contributed by atoms with Crippen LogP contribution in [0.4, 0.5) is 0 Å². The van der Waals surface area contributed by atoms with Gasteiger partial charge in [0.25, 0.3) is 0 Å². The number of aliphatic hydroxyl groups is 2. The van der Waals surface area contributed by atoms with Crippen LogP contribution in [0.1, 0.15) is 79.1 Å². The van der Waals surface area contributed by atoms with Gasteiger partial charge in [-0.25, -0.2) is 4.79 Å². The average Bonchev–Trinajstić information content (AvgIpc) is 3.10. The lowest BCUT2D eigenvalue weighted by atomic mass is 9.38. The van der Waals surface area contributed by atoms with Crippen molar-refractivity contribution in [3.05, 3.63) is 11.6 Å². The van der Waals surface area contributed by atoms with E-state index in [9.17, 15) is 19.8 Å². The molecule has 0 bridgehead atoms. The average molecular weight is 477 g/mol. The topological polar surface area (TPSA) is 102 Å². The largest absolute Gasteiger partial charge is 0.465 e. The molecule has 0 radical (unpaired) electrons. The number of esters is 2. The molecule has 0 aromatic carbocycles. The standard InChI is InChI=1S/C27H40O7/c1-15(28)32-14-25(2)9-5-10-27(4)20(25)8-11-26(3)18-13-19(17-12-22(29)34-24(17)31)33-23(30)16(18)6-7-21(26)27/h12,16,18-21,23-24,30-31H,5-11,13-14H2,1-4H3/t16-,18+,19+,20-,21-,23+,24+,25-,26-,27-/m0/s1. The molecule has 2 N–H and O–H groups in total. The van der Waals surface area contributed by atoms with Gasteiger partial charge in [0.15, 0.2) is 6.29 Å². The van der Waals surface area contributed by atoms with Crippen molar-refractivity contribution in [3.8, 4) is 0 Å². The number of fused-ring (bicyclic) bond motifs is 5. The summed E-state index contributed by atoms with van der Waals surface area (Å²) in [4.78, 5) is 23.3. The molecule has 2 heterocycles. The van der Waals surface area contributed by atoms with E-state index < -0.39 is 24.7 Å². The summed E-state index contributed by atoms with van der Waals surface area (Å²) >= 11 is 0. The lowest BCUT2D eigenvalue weighted by Gasteiger charge is -2.68. The molecule has 5 aliphatic rings. The van der Waals surface area contributed by atoms with Crippen LogP contribution in [0.3, 0.4) is 0 Å². The van der Waals surface area contributed by atoms with Crippen LogP contribution >= 0.6 is 0 Å². The van der Waals surface area contributed by atoms with Gasteiger partial charge in [-0.15, -0.1) is 0 Å². The Labute approximate surface area is 202 Å². The molecule has 7 nitrogen and oxygen atoms in total. The van der Waals surface area contributed by atoms with Crippen LogP contribution in [0.5, 0.6) is 0 Å². The number of cyclic esters (lactones) is 1. The molecule has 10 atom stereocenters. The van der Waals surface area contributed by atoms with Crippen LogP contribution < -0.4 is 0 Å². The number of ether oxygens (including phenoxy) is 3. The first-order valence-corrected chi connectivity index (χ1v) is 13.0. The van der Waals surface area contributed by atoms with Gasteiger partial charge < -0.3 is 24.4 Å². The first-order chi connectivity index (χ1) is 16.0. The number of hydrogen-bond acceptors (Lipinski definition) is 7. The summed E-state index contributed by atoms with van der Waals surface area (Å²) in [5, 5.41) is 21.2. The molecule has 7 heteroatoms. The van der Waals surface area contributed by atoms with Crippen LogP contribution in [0.25, 0.3) is 0 Å². The van der Waals surface area contributed by atoms with Gasteiger partial charge in [-0.05, 0) is 73.5 Å². The zero-order chi connectivity index (χ0) is 24.5. The van der Waals surface area contributed by atoms with Gasteiger partial charge in [-0.3, -0.25) is 4.79 Å². The lowest BCUT2D eigenvalue weighted by molar-refractivity contribution is -0.264. The second kappa shape index (κ2) is 8.31. The minimum atomic E-state index is -1.29. The SMILES string of the molecule is CC(=O)OC[C@]1(C)CCC[C@]2(C)[C@H]3CC[C@@H]4[C@H](O)O[C@@H](C5=CC(=O)O[C@H]5O)C[C@H]4[C@]3(C)CC[C@@H]12. The monoisotopic (exact) mass is 476 g/mol. The van der Waals surface area contributed by atoms with E-state index in [0.717, 1.165) is 38.5 Å². The molecule has 0 aromatic heterocycles. The van der Waals surface area contributed by atoms with E-state index >= 15 is 0 Å². The Bertz CT molecular complexity index is 884. The molecule has 0 amide bonds. The van der Waals surface area contributed by atoms with Crippen molar-refractivity contribution in [2.24, 2.45) is 39.9 Å². The Morgan fingerprint density at radius 3 is 2.53 bits per heavy atom. The Morgan fingerprint density at radius 1 is 1.09 bits per heavy atom. The van der Waals surface area contributed by atoms with Crippen molar-refractivity contribution >= 4 is 11.9 Å². The third-order valence-electron chi connectivity index (χ3n) is 10.7. The van der Waals surface area contributed by atoms with Crippen LogP contribution in [-0.4, -0.2) is 47.4 Å². The van der Waals surface area contributed by atoms with Gasteiger partial charge in [0.05, 0.1) is 12.7 Å². The second-order valence-corrected chi connectivity index (χ2v) is 12.5. The quantitative estimate of drug-likeness (QED) is 0.599. The summed E-state index contributed by atoms with van der Waals surface area (Å²) in [7, 11) is 0. The molecule has 0 spiro atoms. The van der Waals surface area contributed by atoms with Crippen molar-refractivity contribution in [1.29, 1.82) is 0 Å². The number of aliphatic hydroxyl groups excluding tert-OH is 2. The predicted molar refractivity (Wildman–Crippen MR) is 123 cm³/mol. The highest BCUT2D eigenvalue weighted by atomic mass is 16.6. The van der Waals surface area contributed by atoms with Gasteiger partial charge in [-0.2, -0.15) is 0 Å². The molecule has 0 unspecified atom stereocenters. The molecule has 1 saturated heterocycles.